The summed E-state index contributed by atoms with van der Waals surface area (Å²) in [6, 6.07) is 10.7. The average Bonchev–Trinajstić information content (AvgIpc) is 2.27. The predicted octanol–water partition coefficient (Wildman–Crippen LogP) is 3.62. The minimum absolute atomic E-state index is 0.617. The molecule has 0 radical (unpaired) electrons. The SMILES string of the molecule is CCc1c(CN)ccc2ccc(Br)cc12. The van der Waals surface area contributed by atoms with Crippen LogP contribution in [0.3, 0.4) is 0 Å². The van der Waals surface area contributed by atoms with Gasteiger partial charge in [0.1, 0.15) is 0 Å². The lowest BCUT2D eigenvalue weighted by atomic mass is 9.97. The van der Waals surface area contributed by atoms with Gasteiger partial charge in [-0.1, -0.05) is 41.1 Å². The van der Waals surface area contributed by atoms with Crippen LogP contribution in [0, 0.1) is 0 Å². The minimum Gasteiger partial charge on any atom is -0.326 e. The molecule has 2 aromatic rings. The van der Waals surface area contributed by atoms with Crippen molar-refractivity contribution in [2.24, 2.45) is 5.73 Å². The maximum Gasteiger partial charge on any atom is 0.0181 e. The van der Waals surface area contributed by atoms with Crippen molar-refractivity contribution in [3.63, 3.8) is 0 Å². The number of hydrogen-bond acceptors (Lipinski definition) is 1. The molecule has 0 amide bonds. The van der Waals surface area contributed by atoms with E-state index in [9.17, 15) is 0 Å². The van der Waals surface area contributed by atoms with Crippen LogP contribution >= 0.6 is 15.9 Å². The van der Waals surface area contributed by atoms with Crippen LogP contribution in [0.1, 0.15) is 18.1 Å². The standard InChI is InChI=1S/C13H14BrN/c1-2-12-10(8-15)4-3-9-5-6-11(14)7-13(9)12/h3-7H,2,8,15H2,1H3. The number of nitrogens with two attached hydrogens (primary N) is 1. The van der Waals surface area contributed by atoms with E-state index in [-0.39, 0.29) is 0 Å². The van der Waals surface area contributed by atoms with Gasteiger partial charge in [0.05, 0.1) is 0 Å². The van der Waals surface area contributed by atoms with E-state index >= 15 is 0 Å². The first-order valence-corrected chi connectivity index (χ1v) is 5.95. The number of fused-ring (bicyclic) bond motifs is 1. The van der Waals surface area contributed by atoms with Gasteiger partial charge in [0.15, 0.2) is 0 Å². The second kappa shape index (κ2) is 4.33. The lowest BCUT2D eigenvalue weighted by molar-refractivity contribution is 1.01. The van der Waals surface area contributed by atoms with Gasteiger partial charge in [0, 0.05) is 11.0 Å². The molecule has 0 saturated carbocycles. The van der Waals surface area contributed by atoms with E-state index < -0.39 is 0 Å². The fourth-order valence-electron chi connectivity index (χ4n) is 2.01. The fraction of sp³-hybridized carbons (Fsp3) is 0.231. The highest BCUT2D eigenvalue weighted by Gasteiger charge is 2.04. The van der Waals surface area contributed by atoms with Gasteiger partial charge >= 0.3 is 0 Å². The first kappa shape index (κ1) is 10.7. The topological polar surface area (TPSA) is 26.0 Å². The number of halogens is 1. The molecule has 78 valence electrons. The number of aryl methyl sites for hydroxylation is 1. The molecule has 0 fully saturated rings. The molecular formula is C13H14BrN. The number of rotatable bonds is 2. The van der Waals surface area contributed by atoms with Crippen LogP contribution in [0.5, 0.6) is 0 Å². The van der Waals surface area contributed by atoms with Gasteiger partial charge in [0.2, 0.25) is 0 Å². The van der Waals surface area contributed by atoms with Crippen LogP contribution in [-0.2, 0) is 13.0 Å². The van der Waals surface area contributed by atoms with Gasteiger partial charge in [-0.3, -0.25) is 0 Å². The first-order valence-electron chi connectivity index (χ1n) is 5.16. The van der Waals surface area contributed by atoms with E-state index in [4.69, 9.17) is 5.73 Å². The molecule has 0 heterocycles. The summed E-state index contributed by atoms with van der Waals surface area (Å²) in [7, 11) is 0. The Labute approximate surface area is 98.4 Å². The summed E-state index contributed by atoms with van der Waals surface area (Å²) >= 11 is 3.51. The van der Waals surface area contributed by atoms with Crippen molar-refractivity contribution in [3.8, 4) is 0 Å². The van der Waals surface area contributed by atoms with E-state index in [2.05, 4.69) is 53.2 Å². The van der Waals surface area contributed by atoms with E-state index in [1.807, 2.05) is 0 Å². The molecule has 0 aliphatic carbocycles. The lowest BCUT2D eigenvalue weighted by Gasteiger charge is -2.10. The average molecular weight is 264 g/mol. The summed E-state index contributed by atoms with van der Waals surface area (Å²) in [6.45, 7) is 2.79. The zero-order valence-corrected chi connectivity index (χ0v) is 10.3. The number of benzene rings is 2. The summed E-state index contributed by atoms with van der Waals surface area (Å²) in [5.74, 6) is 0. The molecule has 0 atom stereocenters. The minimum atomic E-state index is 0.617. The third kappa shape index (κ3) is 1.92. The molecule has 2 N–H and O–H groups in total. The van der Waals surface area contributed by atoms with Crippen molar-refractivity contribution in [2.75, 3.05) is 0 Å². The molecule has 2 rings (SSSR count). The third-order valence-corrected chi connectivity index (χ3v) is 3.26. The Bertz CT molecular complexity index is 491. The summed E-state index contributed by atoms with van der Waals surface area (Å²) in [5.41, 5.74) is 8.37. The second-order valence-electron chi connectivity index (χ2n) is 3.63. The van der Waals surface area contributed by atoms with E-state index in [1.165, 1.54) is 21.9 Å². The van der Waals surface area contributed by atoms with E-state index in [0.717, 1.165) is 10.9 Å². The molecule has 0 aliphatic heterocycles. The molecule has 0 saturated heterocycles. The highest BCUT2D eigenvalue weighted by molar-refractivity contribution is 9.10. The first-order chi connectivity index (χ1) is 7.26. The third-order valence-electron chi connectivity index (χ3n) is 2.77. The molecule has 0 spiro atoms. The largest absolute Gasteiger partial charge is 0.326 e. The molecule has 0 aliphatic rings. The molecule has 1 nitrogen and oxygen atoms in total. The second-order valence-corrected chi connectivity index (χ2v) is 4.54. The Morgan fingerprint density at radius 1 is 1.20 bits per heavy atom. The molecule has 0 aromatic heterocycles. The van der Waals surface area contributed by atoms with Gasteiger partial charge in [-0.15, -0.1) is 0 Å². The van der Waals surface area contributed by atoms with Gasteiger partial charge < -0.3 is 5.73 Å². The summed E-state index contributed by atoms with van der Waals surface area (Å²) in [5, 5.41) is 2.60. The van der Waals surface area contributed by atoms with Gasteiger partial charge in [-0.05, 0) is 40.5 Å². The Morgan fingerprint density at radius 3 is 2.60 bits per heavy atom. The fourth-order valence-corrected chi connectivity index (χ4v) is 2.37. The van der Waals surface area contributed by atoms with Crippen molar-refractivity contribution in [3.05, 3.63) is 45.9 Å². The maximum absolute atomic E-state index is 5.74. The lowest BCUT2D eigenvalue weighted by Crippen LogP contribution is -2.01. The highest BCUT2D eigenvalue weighted by Crippen LogP contribution is 2.26. The zero-order chi connectivity index (χ0) is 10.8. The normalized spacial score (nSPS) is 10.9. The van der Waals surface area contributed by atoms with E-state index in [0.29, 0.717) is 6.54 Å². The summed E-state index contributed by atoms with van der Waals surface area (Å²) in [6.07, 6.45) is 1.03. The van der Waals surface area contributed by atoms with Crippen molar-refractivity contribution in [2.45, 2.75) is 19.9 Å². The van der Waals surface area contributed by atoms with Crippen LogP contribution in [0.15, 0.2) is 34.8 Å². The Balaban J connectivity index is 2.79. The monoisotopic (exact) mass is 263 g/mol. The number of hydrogen-bond donors (Lipinski definition) is 1. The van der Waals surface area contributed by atoms with Crippen LogP contribution in [0.25, 0.3) is 10.8 Å². The van der Waals surface area contributed by atoms with Crippen LogP contribution < -0.4 is 5.73 Å². The highest BCUT2D eigenvalue weighted by atomic mass is 79.9. The molecule has 0 unspecified atom stereocenters. The molecule has 0 bridgehead atoms. The van der Waals surface area contributed by atoms with Gasteiger partial charge in [-0.25, -0.2) is 0 Å². The molecule has 2 aromatic carbocycles. The summed E-state index contributed by atoms with van der Waals surface area (Å²) < 4.78 is 1.12. The molecule has 2 heteroatoms. The molecule has 15 heavy (non-hydrogen) atoms. The van der Waals surface area contributed by atoms with Crippen molar-refractivity contribution >= 4 is 26.7 Å². The van der Waals surface area contributed by atoms with E-state index in [1.54, 1.807) is 0 Å². The van der Waals surface area contributed by atoms with Crippen LogP contribution in [0.4, 0.5) is 0 Å². The Kier molecular flexibility index (Phi) is 3.08. The van der Waals surface area contributed by atoms with Gasteiger partial charge in [0.25, 0.3) is 0 Å². The maximum atomic E-state index is 5.74. The Hall–Kier alpha value is -0.860. The zero-order valence-electron chi connectivity index (χ0n) is 8.76. The van der Waals surface area contributed by atoms with Crippen molar-refractivity contribution in [1.82, 2.24) is 0 Å². The Morgan fingerprint density at radius 2 is 1.93 bits per heavy atom. The predicted molar refractivity (Wildman–Crippen MR) is 68.9 cm³/mol. The van der Waals surface area contributed by atoms with Crippen molar-refractivity contribution < 1.29 is 0 Å². The van der Waals surface area contributed by atoms with Crippen LogP contribution in [-0.4, -0.2) is 0 Å². The van der Waals surface area contributed by atoms with Crippen molar-refractivity contribution in [1.29, 1.82) is 0 Å². The van der Waals surface area contributed by atoms with Gasteiger partial charge in [-0.2, -0.15) is 0 Å². The smallest absolute Gasteiger partial charge is 0.0181 e. The van der Waals surface area contributed by atoms with Crippen LogP contribution in [0.2, 0.25) is 0 Å². The summed E-state index contributed by atoms with van der Waals surface area (Å²) in [4.78, 5) is 0. The molecular weight excluding hydrogens is 250 g/mol. The quantitative estimate of drug-likeness (QED) is 0.880.